The Bertz CT molecular complexity index is 501. The molecular weight excluding hydrogens is 271 g/mol. The van der Waals surface area contributed by atoms with Gasteiger partial charge in [-0.1, -0.05) is 19.1 Å². The SMILES string of the molecule is CC(Oc1ccccc1C(F)(F)F)C(=O)NC1CC1C. The normalized spacial score (nSPS) is 23.1. The van der Waals surface area contributed by atoms with Gasteiger partial charge in [-0.2, -0.15) is 13.2 Å². The van der Waals surface area contributed by atoms with Crippen LogP contribution in [0.25, 0.3) is 0 Å². The molecule has 1 amide bonds. The molecule has 0 bridgehead atoms. The van der Waals surface area contributed by atoms with Crippen molar-refractivity contribution in [2.24, 2.45) is 5.92 Å². The number of amides is 1. The molecule has 0 saturated heterocycles. The standard InChI is InChI=1S/C14H16F3NO2/c1-8-7-11(8)18-13(19)9(2)20-12-6-4-3-5-10(12)14(15,16)17/h3-6,8-9,11H,7H2,1-2H3,(H,18,19). The van der Waals surface area contributed by atoms with Crippen LogP contribution in [0.3, 0.4) is 0 Å². The maximum absolute atomic E-state index is 12.8. The van der Waals surface area contributed by atoms with Crippen LogP contribution >= 0.6 is 0 Å². The van der Waals surface area contributed by atoms with E-state index >= 15 is 0 Å². The maximum atomic E-state index is 12.8. The predicted octanol–water partition coefficient (Wildman–Crippen LogP) is 3.00. The van der Waals surface area contributed by atoms with Crippen LogP contribution in [0.5, 0.6) is 5.75 Å². The Hall–Kier alpha value is -1.72. The summed E-state index contributed by atoms with van der Waals surface area (Å²) in [5.41, 5.74) is -0.876. The lowest BCUT2D eigenvalue weighted by molar-refractivity contribution is -0.140. The van der Waals surface area contributed by atoms with Crippen LogP contribution in [0, 0.1) is 5.92 Å². The van der Waals surface area contributed by atoms with Crippen molar-refractivity contribution in [3.05, 3.63) is 29.8 Å². The van der Waals surface area contributed by atoms with Gasteiger partial charge in [-0.05, 0) is 31.4 Å². The second kappa shape index (κ2) is 5.34. The van der Waals surface area contributed by atoms with Gasteiger partial charge in [0.15, 0.2) is 6.10 Å². The third-order valence-corrected chi connectivity index (χ3v) is 3.30. The van der Waals surface area contributed by atoms with Crippen LogP contribution in [0.4, 0.5) is 13.2 Å². The molecule has 1 aromatic rings. The number of hydrogen-bond acceptors (Lipinski definition) is 2. The van der Waals surface area contributed by atoms with Gasteiger partial charge >= 0.3 is 6.18 Å². The lowest BCUT2D eigenvalue weighted by Gasteiger charge is -2.18. The van der Waals surface area contributed by atoms with E-state index in [9.17, 15) is 18.0 Å². The monoisotopic (exact) mass is 287 g/mol. The Kier molecular flexibility index (Phi) is 3.92. The summed E-state index contributed by atoms with van der Waals surface area (Å²) < 4.78 is 43.5. The van der Waals surface area contributed by atoms with E-state index in [-0.39, 0.29) is 11.8 Å². The fraction of sp³-hybridized carbons (Fsp3) is 0.500. The van der Waals surface area contributed by atoms with Gasteiger partial charge in [-0.15, -0.1) is 0 Å². The lowest BCUT2D eigenvalue weighted by atomic mass is 10.2. The zero-order chi connectivity index (χ0) is 14.9. The van der Waals surface area contributed by atoms with E-state index in [1.165, 1.54) is 25.1 Å². The number of ether oxygens (including phenoxy) is 1. The van der Waals surface area contributed by atoms with E-state index < -0.39 is 23.8 Å². The molecule has 0 aromatic heterocycles. The highest BCUT2D eigenvalue weighted by molar-refractivity contribution is 5.81. The molecule has 3 atom stereocenters. The molecule has 110 valence electrons. The fourth-order valence-electron chi connectivity index (χ4n) is 1.87. The molecule has 0 heterocycles. The number of para-hydroxylation sites is 1. The zero-order valence-corrected chi connectivity index (χ0v) is 11.2. The highest BCUT2D eigenvalue weighted by Gasteiger charge is 2.37. The summed E-state index contributed by atoms with van der Waals surface area (Å²) in [4.78, 5) is 11.8. The van der Waals surface area contributed by atoms with E-state index in [1.54, 1.807) is 0 Å². The van der Waals surface area contributed by atoms with Crippen molar-refractivity contribution in [1.29, 1.82) is 0 Å². The number of halogens is 3. The summed E-state index contributed by atoms with van der Waals surface area (Å²) >= 11 is 0. The lowest BCUT2D eigenvalue weighted by Crippen LogP contribution is -2.38. The number of carbonyl (C=O) groups excluding carboxylic acids is 1. The van der Waals surface area contributed by atoms with E-state index in [0.29, 0.717) is 5.92 Å². The highest BCUT2D eigenvalue weighted by atomic mass is 19.4. The molecule has 1 aromatic carbocycles. The first-order valence-electron chi connectivity index (χ1n) is 6.42. The molecule has 6 heteroatoms. The molecule has 0 aliphatic heterocycles. The van der Waals surface area contributed by atoms with Crippen molar-refractivity contribution in [2.75, 3.05) is 0 Å². The molecule has 1 fully saturated rings. The van der Waals surface area contributed by atoms with E-state index in [0.717, 1.165) is 12.5 Å². The van der Waals surface area contributed by atoms with Gasteiger partial charge in [0.1, 0.15) is 5.75 Å². The molecular formula is C14H16F3NO2. The number of benzene rings is 1. The Morgan fingerprint density at radius 2 is 2.00 bits per heavy atom. The minimum atomic E-state index is -4.50. The smallest absolute Gasteiger partial charge is 0.419 e. The van der Waals surface area contributed by atoms with Crippen molar-refractivity contribution < 1.29 is 22.7 Å². The van der Waals surface area contributed by atoms with Crippen molar-refractivity contribution in [3.8, 4) is 5.75 Å². The van der Waals surface area contributed by atoms with Gasteiger partial charge in [0.05, 0.1) is 5.56 Å². The Balaban J connectivity index is 2.04. The maximum Gasteiger partial charge on any atom is 0.419 e. The fourth-order valence-corrected chi connectivity index (χ4v) is 1.87. The molecule has 1 N–H and O–H groups in total. The summed E-state index contributed by atoms with van der Waals surface area (Å²) in [6.07, 6.45) is -4.57. The number of hydrogen-bond donors (Lipinski definition) is 1. The van der Waals surface area contributed by atoms with Gasteiger partial charge < -0.3 is 10.1 Å². The number of rotatable bonds is 4. The van der Waals surface area contributed by atoms with Crippen LogP contribution in [0.15, 0.2) is 24.3 Å². The zero-order valence-electron chi connectivity index (χ0n) is 11.2. The average molecular weight is 287 g/mol. The van der Waals surface area contributed by atoms with Gasteiger partial charge in [0.25, 0.3) is 5.91 Å². The molecule has 1 saturated carbocycles. The largest absolute Gasteiger partial charge is 0.480 e. The molecule has 3 nitrogen and oxygen atoms in total. The van der Waals surface area contributed by atoms with Crippen LogP contribution in [0.1, 0.15) is 25.8 Å². The molecule has 2 rings (SSSR count). The summed E-state index contributed by atoms with van der Waals surface area (Å²) in [6, 6.07) is 4.99. The summed E-state index contributed by atoms with van der Waals surface area (Å²) in [5, 5.41) is 2.74. The number of nitrogens with one attached hydrogen (secondary N) is 1. The van der Waals surface area contributed by atoms with Crippen molar-refractivity contribution >= 4 is 5.91 Å². The minimum Gasteiger partial charge on any atom is -0.480 e. The van der Waals surface area contributed by atoms with Gasteiger partial charge in [-0.3, -0.25) is 4.79 Å². The predicted molar refractivity (Wildman–Crippen MR) is 67.2 cm³/mol. The molecule has 0 spiro atoms. The molecule has 20 heavy (non-hydrogen) atoms. The second-order valence-corrected chi connectivity index (χ2v) is 5.08. The summed E-state index contributed by atoms with van der Waals surface area (Å²) in [6.45, 7) is 3.44. The van der Waals surface area contributed by atoms with E-state index in [4.69, 9.17) is 4.74 Å². The van der Waals surface area contributed by atoms with Crippen molar-refractivity contribution in [1.82, 2.24) is 5.32 Å². The van der Waals surface area contributed by atoms with E-state index in [2.05, 4.69) is 5.32 Å². The summed E-state index contributed by atoms with van der Waals surface area (Å²) in [7, 11) is 0. The molecule has 1 aliphatic carbocycles. The van der Waals surface area contributed by atoms with Crippen LogP contribution in [-0.4, -0.2) is 18.1 Å². The van der Waals surface area contributed by atoms with Gasteiger partial charge in [0.2, 0.25) is 0 Å². The highest BCUT2D eigenvalue weighted by Crippen LogP contribution is 2.36. The first kappa shape index (κ1) is 14.7. The Labute approximate surface area is 115 Å². The Morgan fingerprint density at radius 1 is 1.40 bits per heavy atom. The minimum absolute atomic E-state index is 0.117. The van der Waals surface area contributed by atoms with Crippen molar-refractivity contribution in [3.63, 3.8) is 0 Å². The molecule has 3 unspecified atom stereocenters. The quantitative estimate of drug-likeness (QED) is 0.924. The average Bonchev–Trinajstić information content (AvgIpc) is 3.04. The number of carbonyl (C=O) groups is 1. The topological polar surface area (TPSA) is 38.3 Å². The first-order valence-corrected chi connectivity index (χ1v) is 6.42. The van der Waals surface area contributed by atoms with Gasteiger partial charge in [0, 0.05) is 6.04 Å². The van der Waals surface area contributed by atoms with Crippen LogP contribution in [0.2, 0.25) is 0 Å². The van der Waals surface area contributed by atoms with E-state index in [1.807, 2.05) is 6.92 Å². The van der Waals surface area contributed by atoms with Gasteiger partial charge in [-0.25, -0.2) is 0 Å². The number of alkyl halides is 3. The van der Waals surface area contributed by atoms with Crippen molar-refractivity contribution in [2.45, 2.75) is 38.6 Å². The van der Waals surface area contributed by atoms with Crippen LogP contribution in [-0.2, 0) is 11.0 Å². The Morgan fingerprint density at radius 3 is 2.55 bits per heavy atom. The third kappa shape index (κ3) is 3.43. The summed E-state index contributed by atoms with van der Waals surface area (Å²) in [5.74, 6) is -0.295. The third-order valence-electron chi connectivity index (χ3n) is 3.30. The first-order chi connectivity index (χ1) is 9.29. The second-order valence-electron chi connectivity index (χ2n) is 5.08. The van der Waals surface area contributed by atoms with Crippen LogP contribution < -0.4 is 10.1 Å². The molecule has 0 radical (unpaired) electrons. The molecule has 1 aliphatic rings.